The van der Waals surface area contributed by atoms with E-state index in [0.717, 1.165) is 77.8 Å². The summed E-state index contributed by atoms with van der Waals surface area (Å²) >= 11 is 0. The van der Waals surface area contributed by atoms with Crippen LogP contribution < -0.4 is 0 Å². The van der Waals surface area contributed by atoms with Gasteiger partial charge in [-0.25, -0.2) is 9.97 Å². The van der Waals surface area contributed by atoms with Gasteiger partial charge in [-0.15, -0.1) is 0 Å². The lowest BCUT2D eigenvalue weighted by Gasteiger charge is -2.14. The number of para-hydroxylation sites is 2. The third-order valence-corrected chi connectivity index (χ3v) is 8.98. The predicted octanol–water partition coefficient (Wildman–Crippen LogP) is 11.8. The van der Waals surface area contributed by atoms with E-state index in [-0.39, 0.29) is 0 Å². The smallest absolute Gasteiger partial charge is 0.160 e. The lowest BCUT2D eigenvalue weighted by molar-refractivity contribution is 0.670. The average molecular weight is 628 g/mol. The van der Waals surface area contributed by atoms with Crippen molar-refractivity contribution in [1.82, 2.24) is 15.0 Å². The standard InChI is InChI=1S/C45H29N3O/c1-3-11-30(12-4-1)33-15-9-16-34(25-33)35-26-36(38-18-10-19-40-39-17-7-8-20-43(39)49-44(38)40)28-37(27-35)42-29-41(31-21-23-46-24-22-31)47-45(48-42)32-13-5-2-6-14-32/h1-29H. The molecule has 4 nitrogen and oxygen atoms in total. The number of aromatic nitrogens is 3. The van der Waals surface area contributed by atoms with Gasteiger partial charge >= 0.3 is 0 Å². The number of nitrogens with zero attached hydrogens (tertiary/aromatic N) is 3. The van der Waals surface area contributed by atoms with Gasteiger partial charge in [0, 0.05) is 45.4 Å². The van der Waals surface area contributed by atoms with Crippen LogP contribution in [0.4, 0.5) is 0 Å². The van der Waals surface area contributed by atoms with Crippen LogP contribution in [-0.4, -0.2) is 15.0 Å². The predicted molar refractivity (Wildman–Crippen MR) is 200 cm³/mol. The van der Waals surface area contributed by atoms with E-state index in [1.165, 1.54) is 5.56 Å². The highest BCUT2D eigenvalue weighted by Gasteiger charge is 2.17. The Morgan fingerprint density at radius 3 is 1.73 bits per heavy atom. The van der Waals surface area contributed by atoms with Gasteiger partial charge < -0.3 is 4.42 Å². The molecule has 6 aromatic carbocycles. The Morgan fingerprint density at radius 2 is 0.939 bits per heavy atom. The summed E-state index contributed by atoms with van der Waals surface area (Å²) in [5.74, 6) is 0.669. The molecule has 9 aromatic rings. The fourth-order valence-corrected chi connectivity index (χ4v) is 6.56. The molecule has 49 heavy (non-hydrogen) atoms. The van der Waals surface area contributed by atoms with E-state index in [4.69, 9.17) is 14.4 Å². The molecule has 0 aliphatic rings. The Kier molecular flexibility index (Phi) is 7.10. The van der Waals surface area contributed by atoms with Crippen LogP contribution in [0.15, 0.2) is 181 Å². The van der Waals surface area contributed by atoms with Crippen LogP contribution in [0.1, 0.15) is 0 Å². The van der Waals surface area contributed by atoms with Gasteiger partial charge in [0.2, 0.25) is 0 Å². The normalized spacial score (nSPS) is 11.3. The summed E-state index contributed by atoms with van der Waals surface area (Å²) in [5.41, 5.74) is 13.0. The largest absolute Gasteiger partial charge is 0.455 e. The molecule has 0 bridgehead atoms. The summed E-state index contributed by atoms with van der Waals surface area (Å²) < 4.78 is 6.53. The Bertz CT molecular complexity index is 2540. The zero-order valence-corrected chi connectivity index (χ0v) is 26.5. The van der Waals surface area contributed by atoms with Gasteiger partial charge in [-0.2, -0.15) is 0 Å². The number of furan rings is 1. The molecule has 0 unspecified atom stereocenters. The summed E-state index contributed by atoms with van der Waals surface area (Å²) in [6, 6.07) is 56.8. The van der Waals surface area contributed by atoms with Gasteiger partial charge in [-0.05, 0) is 76.3 Å². The van der Waals surface area contributed by atoms with Crippen LogP contribution in [0.5, 0.6) is 0 Å². The fourth-order valence-electron chi connectivity index (χ4n) is 6.56. The van der Waals surface area contributed by atoms with Crippen LogP contribution in [0.3, 0.4) is 0 Å². The van der Waals surface area contributed by atoms with E-state index >= 15 is 0 Å². The van der Waals surface area contributed by atoms with Gasteiger partial charge in [-0.3, -0.25) is 4.98 Å². The van der Waals surface area contributed by atoms with E-state index in [2.05, 4.69) is 120 Å². The molecule has 0 saturated heterocycles. The SMILES string of the molecule is c1ccc(-c2cccc(-c3cc(-c4cc(-c5ccncc5)nc(-c5ccccc5)n4)cc(-c4cccc5c4oc4ccccc45)c3)c2)cc1. The van der Waals surface area contributed by atoms with Crippen LogP contribution in [-0.2, 0) is 0 Å². The van der Waals surface area contributed by atoms with Crippen LogP contribution in [0.25, 0.3) is 89.2 Å². The first-order valence-electron chi connectivity index (χ1n) is 16.3. The third kappa shape index (κ3) is 5.45. The molecule has 230 valence electrons. The highest BCUT2D eigenvalue weighted by molar-refractivity contribution is 6.09. The van der Waals surface area contributed by atoms with E-state index in [9.17, 15) is 0 Å². The highest BCUT2D eigenvalue weighted by Crippen LogP contribution is 2.40. The molecule has 3 heterocycles. The monoisotopic (exact) mass is 627 g/mol. The topological polar surface area (TPSA) is 51.8 Å². The average Bonchev–Trinajstić information content (AvgIpc) is 3.58. The second-order valence-corrected chi connectivity index (χ2v) is 12.1. The lowest BCUT2D eigenvalue weighted by Crippen LogP contribution is -1.96. The molecule has 3 aromatic heterocycles. The maximum Gasteiger partial charge on any atom is 0.160 e. The zero-order valence-electron chi connectivity index (χ0n) is 26.5. The molecular weight excluding hydrogens is 599 g/mol. The van der Waals surface area contributed by atoms with Gasteiger partial charge in [0.1, 0.15) is 11.2 Å². The molecule has 0 fully saturated rings. The van der Waals surface area contributed by atoms with Crippen molar-refractivity contribution >= 4 is 21.9 Å². The first-order chi connectivity index (χ1) is 24.3. The minimum absolute atomic E-state index is 0.669. The van der Waals surface area contributed by atoms with E-state index < -0.39 is 0 Å². The molecule has 0 spiro atoms. The molecule has 0 atom stereocenters. The van der Waals surface area contributed by atoms with Crippen molar-refractivity contribution < 1.29 is 4.42 Å². The van der Waals surface area contributed by atoms with Crippen molar-refractivity contribution in [2.24, 2.45) is 0 Å². The van der Waals surface area contributed by atoms with E-state index in [1.807, 2.05) is 48.5 Å². The molecule has 0 amide bonds. The van der Waals surface area contributed by atoms with Gasteiger partial charge in [0.15, 0.2) is 5.82 Å². The summed E-state index contributed by atoms with van der Waals surface area (Å²) in [6.07, 6.45) is 3.59. The fraction of sp³-hybridized carbons (Fsp3) is 0. The van der Waals surface area contributed by atoms with Crippen LogP contribution >= 0.6 is 0 Å². The molecule has 0 saturated carbocycles. The molecule has 0 aliphatic carbocycles. The minimum atomic E-state index is 0.669. The summed E-state index contributed by atoms with van der Waals surface area (Å²) in [4.78, 5) is 14.4. The van der Waals surface area contributed by atoms with Crippen molar-refractivity contribution in [3.8, 4) is 67.3 Å². The number of benzene rings is 6. The van der Waals surface area contributed by atoms with Crippen molar-refractivity contribution in [3.05, 3.63) is 176 Å². The first-order valence-corrected chi connectivity index (χ1v) is 16.3. The number of rotatable bonds is 6. The molecule has 0 radical (unpaired) electrons. The maximum atomic E-state index is 6.53. The number of fused-ring (bicyclic) bond motifs is 3. The Labute approximate surface area is 284 Å². The second-order valence-electron chi connectivity index (χ2n) is 12.1. The number of pyridine rings is 1. The maximum absolute atomic E-state index is 6.53. The zero-order chi connectivity index (χ0) is 32.6. The Morgan fingerprint density at radius 1 is 0.367 bits per heavy atom. The quantitative estimate of drug-likeness (QED) is 0.184. The summed E-state index contributed by atoms with van der Waals surface area (Å²) in [6.45, 7) is 0. The lowest BCUT2D eigenvalue weighted by atomic mass is 9.92. The van der Waals surface area contributed by atoms with Crippen molar-refractivity contribution in [3.63, 3.8) is 0 Å². The van der Waals surface area contributed by atoms with E-state index in [0.29, 0.717) is 5.82 Å². The second kappa shape index (κ2) is 12.2. The van der Waals surface area contributed by atoms with Gasteiger partial charge in [0.05, 0.1) is 11.4 Å². The molecule has 9 rings (SSSR count). The minimum Gasteiger partial charge on any atom is -0.455 e. The Balaban J connectivity index is 1.29. The molecule has 4 heteroatoms. The van der Waals surface area contributed by atoms with Crippen LogP contribution in [0, 0.1) is 0 Å². The van der Waals surface area contributed by atoms with Gasteiger partial charge in [-0.1, -0.05) is 115 Å². The number of hydrogen-bond donors (Lipinski definition) is 0. The Hall–Kier alpha value is -6.65. The van der Waals surface area contributed by atoms with Crippen LogP contribution in [0.2, 0.25) is 0 Å². The highest BCUT2D eigenvalue weighted by atomic mass is 16.3. The van der Waals surface area contributed by atoms with Gasteiger partial charge in [0.25, 0.3) is 0 Å². The number of hydrogen-bond acceptors (Lipinski definition) is 4. The van der Waals surface area contributed by atoms with Crippen molar-refractivity contribution in [1.29, 1.82) is 0 Å². The first kappa shape index (κ1) is 28.6. The molecule has 0 aliphatic heterocycles. The molecular formula is C45H29N3O. The molecule has 0 N–H and O–H groups in total. The van der Waals surface area contributed by atoms with Crippen molar-refractivity contribution in [2.45, 2.75) is 0 Å². The summed E-state index contributed by atoms with van der Waals surface area (Å²) in [5, 5.41) is 2.20. The van der Waals surface area contributed by atoms with Crippen molar-refractivity contribution in [2.75, 3.05) is 0 Å². The third-order valence-electron chi connectivity index (χ3n) is 8.98. The van der Waals surface area contributed by atoms with E-state index in [1.54, 1.807) is 12.4 Å². The summed E-state index contributed by atoms with van der Waals surface area (Å²) in [7, 11) is 0.